The normalized spacial score (nSPS) is 20.1. The molecule has 0 N–H and O–H groups in total. The summed E-state index contributed by atoms with van der Waals surface area (Å²) in [5, 5.41) is 1.18. The Bertz CT molecular complexity index is 441. The van der Waals surface area contributed by atoms with E-state index in [2.05, 4.69) is 12.6 Å². The molecular weight excluding hydrogens is 277 g/mol. The first-order valence-corrected chi connectivity index (χ1v) is 6.78. The van der Waals surface area contributed by atoms with Crippen LogP contribution in [0.4, 0.5) is 5.69 Å². The Morgan fingerprint density at radius 2 is 2.00 bits per heavy atom. The molecule has 0 saturated carbocycles. The maximum Gasteiger partial charge on any atom is 0.227 e. The van der Waals surface area contributed by atoms with E-state index < -0.39 is 0 Å². The molecular formula is C12H13Cl2NOS. The number of hydrogen-bond donors (Lipinski definition) is 1. The van der Waals surface area contributed by atoms with E-state index in [9.17, 15) is 4.79 Å². The van der Waals surface area contributed by atoms with Crippen molar-refractivity contribution in [3.63, 3.8) is 0 Å². The van der Waals surface area contributed by atoms with Crippen molar-refractivity contribution < 1.29 is 4.79 Å². The molecule has 0 radical (unpaired) electrons. The van der Waals surface area contributed by atoms with E-state index in [1.165, 1.54) is 0 Å². The molecule has 1 fully saturated rings. The summed E-state index contributed by atoms with van der Waals surface area (Å²) in [5.41, 5.74) is 1.62. The van der Waals surface area contributed by atoms with Crippen molar-refractivity contribution >= 4 is 47.4 Å². The third kappa shape index (κ3) is 2.56. The third-order valence-electron chi connectivity index (χ3n) is 3.04. The molecule has 1 aliphatic heterocycles. The fourth-order valence-electron chi connectivity index (χ4n) is 1.94. The lowest BCUT2D eigenvalue weighted by molar-refractivity contribution is -0.117. The lowest BCUT2D eigenvalue weighted by atomic mass is 10.1. The number of nitrogens with zero attached hydrogens (tertiary/aromatic N) is 1. The largest absolute Gasteiger partial charge is 0.312 e. The minimum Gasteiger partial charge on any atom is -0.312 e. The predicted molar refractivity (Wildman–Crippen MR) is 75.5 cm³/mol. The van der Waals surface area contributed by atoms with E-state index in [4.69, 9.17) is 23.2 Å². The number of halogens is 2. The number of benzene rings is 1. The van der Waals surface area contributed by atoms with Crippen LogP contribution in [0.3, 0.4) is 0 Å². The standard InChI is InChI=1S/C12H13Cl2NOS/c1-7-10(13)3-9(4-11(7)14)15-5-8(6-17)2-12(15)16/h3-4,8,17H,2,5-6H2,1H3. The lowest BCUT2D eigenvalue weighted by Crippen LogP contribution is -2.24. The SMILES string of the molecule is Cc1c(Cl)cc(N2CC(CS)CC2=O)cc1Cl. The summed E-state index contributed by atoms with van der Waals surface area (Å²) in [6.07, 6.45) is 0.548. The van der Waals surface area contributed by atoms with E-state index in [0.717, 1.165) is 17.0 Å². The van der Waals surface area contributed by atoms with Gasteiger partial charge in [-0.05, 0) is 36.3 Å². The Morgan fingerprint density at radius 3 is 2.47 bits per heavy atom. The highest BCUT2D eigenvalue weighted by Gasteiger charge is 2.30. The highest BCUT2D eigenvalue weighted by atomic mass is 35.5. The molecule has 1 unspecified atom stereocenters. The monoisotopic (exact) mass is 289 g/mol. The Kier molecular flexibility index (Phi) is 3.91. The highest BCUT2D eigenvalue weighted by molar-refractivity contribution is 7.80. The second-order valence-corrected chi connectivity index (χ2v) is 5.47. The van der Waals surface area contributed by atoms with Crippen molar-refractivity contribution in [2.24, 2.45) is 5.92 Å². The van der Waals surface area contributed by atoms with Crippen LogP contribution < -0.4 is 4.90 Å². The molecule has 1 aromatic rings. The van der Waals surface area contributed by atoms with Crippen molar-refractivity contribution in [2.45, 2.75) is 13.3 Å². The van der Waals surface area contributed by atoms with E-state index in [-0.39, 0.29) is 5.91 Å². The van der Waals surface area contributed by atoms with Gasteiger partial charge < -0.3 is 4.90 Å². The van der Waals surface area contributed by atoms with Crippen LogP contribution in [-0.4, -0.2) is 18.2 Å². The number of carbonyl (C=O) groups is 1. The van der Waals surface area contributed by atoms with Gasteiger partial charge in [0.1, 0.15) is 0 Å². The average Bonchev–Trinajstić information content (AvgIpc) is 2.67. The van der Waals surface area contributed by atoms with Crippen molar-refractivity contribution in [1.29, 1.82) is 0 Å². The summed E-state index contributed by atoms with van der Waals surface area (Å²) in [4.78, 5) is 13.6. The van der Waals surface area contributed by atoms with Gasteiger partial charge in [0.05, 0.1) is 0 Å². The van der Waals surface area contributed by atoms with Crippen LogP contribution in [0.2, 0.25) is 10.0 Å². The quantitative estimate of drug-likeness (QED) is 0.825. The summed E-state index contributed by atoms with van der Waals surface area (Å²) in [5.74, 6) is 1.14. The molecule has 0 spiro atoms. The Morgan fingerprint density at radius 1 is 1.41 bits per heavy atom. The van der Waals surface area contributed by atoms with Crippen LogP contribution >= 0.6 is 35.8 Å². The number of thiol groups is 1. The molecule has 0 aliphatic carbocycles. The Hall–Kier alpha value is -0.380. The predicted octanol–water partition coefficient (Wildman–Crippen LogP) is 3.58. The van der Waals surface area contributed by atoms with Gasteiger partial charge in [0, 0.05) is 28.7 Å². The van der Waals surface area contributed by atoms with E-state index in [0.29, 0.717) is 28.9 Å². The third-order valence-corrected chi connectivity index (χ3v) is 4.34. The number of anilines is 1. The molecule has 17 heavy (non-hydrogen) atoms. The molecule has 2 nitrogen and oxygen atoms in total. The van der Waals surface area contributed by atoms with Gasteiger partial charge in [0.2, 0.25) is 5.91 Å². The summed E-state index contributed by atoms with van der Waals surface area (Å²) in [7, 11) is 0. The van der Waals surface area contributed by atoms with Gasteiger partial charge in [0.25, 0.3) is 0 Å². The van der Waals surface area contributed by atoms with E-state index >= 15 is 0 Å². The summed E-state index contributed by atoms with van der Waals surface area (Å²) >= 11 is 16.4. The maximum atomic E-state index is 11.9. The minimum absolute atomic E-state index is 0.111. The van der Waals surface area contributed by atoms with Crippen LogP contribution in [0.25, 0.3) is 0 Å². The van der Waals surface area contributed by atoms with Crippen LogP contribution in [0.5, 0.6) is 0 Å². The zero-order chi connectivity index (χ0) is 12.6. The summed E-state index contributed by atoms with van der Waals surface area (Å²) in [6.45, 7) is 2.55. The summed E-state index contributed by atoms with van der Waals surface area (Å²) < 4.78 is 0. The van der Waals surface area contributed by atoms with Gasteiger partial charge in [-0.15, -0.1) is 0 Å². The van der Waals surface area contributed by atoms with Gasteiger partial charge >= 0.3 is 0 Å². The van der Waals surface area contributed by atoms with Gasteiger partial charge in [-0.3, -0.25) is 4.79 Å². The van der Waals surface area contributed by atoms with Crippen LogP contribution in [0.1, 0.15) is 12.0 Å². The van der Waals surface area contributed by atoms with Crippen LogP contribution in [-0.2, 0) is 4.79 Å². The van der Waals surface area contributed by atoms with Gasteiger partial charge in [-0.25, -0.2) is 0 Å². The molecule has 1 amide bonds. The summed E-state index contributed by atoms with van der Waals surface area (Å²) in [6, 6.07) is 3.59. The highest BCUT2D eigenvalue weighted by Crippen LogP contribution is 2.33. The van der Waals surface area contributed by atoms with Gasteiger partial charge in [0.15, 0.2) is 0 Å². The Balaban J connectivity index is 2.32. The van der Waals surface area contributed by atoms with Crippen molar-refractivity contribution in [1.82, 2.24) is 0 Å². The molecule has 5 heteroatoms. The molecule has 1 aromatic carbocycles. The first-order chi connectivity index (χ1) is 8.02. The molecule has 1 atom stereocenters. The second-order valence-electron chi connectivity index (χ2n) is 4.29. The fourth-order valence-corrected chi connectivity index (χ4v) is 2.66. The van der Waals surface area contributed by atoms with Gasteiger partial charge in [-0.1, -0.05) is 23.2 Å². The minimum atomic E-state index is 0.111. The molecule has 92 valence electrons. The molecule has 1 aliphatic rings. The molecule has 1 saturated heterocycles. The van der Waals surface area contributed by atoms with Crippen molar-refractivity contribution in [3.05, 3.63) is 27.7 Å². The zero-order valence-corrected chi connectivity index (χ0v) is 11.8. The lowest BCUT2D eigenvalue weighted by Gasteiger charge is -2.18. The van der Waals surface area contributed by atoms with Gasteiger partial charge in [-0.2, -0.15) is 12.6 Å². The zero-order valence-electron chi connectivity index (χ0n) is 9.41. The fraction of sp³-hybridized carbons (Fsp3) is 0.417. The Labute approximate surface area is 116 Å². The number of rotatable bonds is 2. The van der Waals surface area contributed by atoms with E-state index in [1.807, 2.05) is 6.92 Å². The average molecular weight is 290 g/mol. The number of carbonyl (C=O) groups excluding carboxylic acids is 1. The molecule has 0 aromatic heterocycles. The van der Waals surface area contributed by atoms with E-state index in [1.54, 1.807) is 17.0 Å². The first-order valence-electron chi connectivity index (χ1n) is 5.39. The topological polar surface area (TPSA) is 20.3 Å². The number of amides is 1. The maximum absolute atomic E-state index is 11.9. The smallest absolute Gasteiger partial charge is 0.227 e. The second kappa shape index (κ2) is 5.09. The molecule has 1 heterocycles. The van der Waals surface area contributed by atoms with Crippen molar-refractivity contribution in [2.75, 3.05) is 17.2 Å². The number of hydrogen-bond acceptors (Lipinski definition) is 2. The van der Waals surface area contributed by atoms with Crippen molar-refractivity contribution in [3.8, 4) is 0 Å². The van der Waals surface area contributed by atoms with Crippen LogP contribution in [0.15, 0.2) is 12.1 Å². The van der Waals surface area contributed by atoms with Crippen LogP contribution in [0, 0.1) is 12.8 Å². The molecule has 0 bridgehead atoms. The molecule has 2 rings (SSSR count). The first kappa shape index (κ1) is 13.1.